The molecule has 1 heterocycles. The van der Waals surface area contributed by atoms with Crippen LogP contribution in [-0.2, 0) is 11.3 Å². The van der Waals surface area contributed by atoms with Crippen LogP contribution in [0.25, 0.3) is 6.08 Å². The Bertz CT molecular complexity index is 1270. The number of aryl methyl sites for hydroxylation is 1. The largest absolute Gasteiger partial charge is 0.352 e. The van der Waals surface area contributed by atoms with Crippen LogP contribution in [0.15, 0.2) is 82.6 Å². The van der Waals surface area contributed by atoms with E-state index in [1.807, 2.05) is 59.5 Å². The Hall–Kier alpha value is -3.35. The van der Waals surface area contributed by atoms with Crippen LogP contribution in [0.4, 0.5) is 5.69 Å². The monoisotopic (exact) mass is 513 g/mol. The van der Waals surface area contributed by atoms with E-state index in [1.54, 1.807) is 0 Å². The molecule has 5 nitrogen and oxygen atoms in total. The lowest BCUT2D eigenvalue weighted by molar-refractivity contribution is -0.114. The van der Waals surface area contributed by atoms with E-state index >= 15 is 0 Å². The maximum Gasteiger partial charge on any atom is 0.265 e. The normalized spacial score (nSPS) is 14.2. The van der Waals surface area contributed by atoms with Crippen LogP contribution < -0.4 is 10.2 Å². The standard InChI is InChI=1S/C31H35N3O2S/c1-4-33(5-2)19-9-18-32-30(35)26-16-14-24(15-17-26)21-29-31(36)34(22-25-11-8-10-23(3)20-25)27-12-6-7-13-28(27)37-29/h6-8,10-17,20-21H,4-5,9,18-19,22H2,1-3H3,(H,32,35)/b29-21+. The summed E-state index contributed by atoms with van der Waals surface area (Å²) in [6, 6.07) is 23.7. The van der Waals surface area contributed by atoms with Crippen molar-refractivity contribution in [2.24, 2.45) is 0 Å². The van der Waals surface area contributed by atoms with E-state index in [0.717, 1.165) is 47.8 Å². The summed E-state index contributed by atoms with van der Waals surface area (Å²) in [4.78, 5) is 32.0. The van der Waals surface area contributed by atoms with Crippen molar-refractivity contribution in [1.29, 1.82) is 0 Å². The van der Waals surface area contributed by atoms with E-state index < -0.39 is 0 Å². The maximum absolute atomic E-state index is 13.6. The maximum atomic E-state index is 13.6. The van der Waals surface area contributed by atoms with Gasteiger partial charge in [0.15, 0.2) is 0 Å². The van der Waals surface area contributed by atoms with Crippen molar-refractivity contribution in [2.45, 2.75) is 38.6 Å². The first-order chi connectivity index (χ1) is 18.0. The Kier molecular flexibility index (Phi) is 9.20. The smallest absolute Gasteiger partial charge is 0.265 e. The molecule has 0 aliphatic carbocycles. The third kappa shape index (κ3) is 6.90. The minimum absolute atomic E-state index is 0.0137. The quantitative estimate of drug-likeness (QED) is 0.261. The van der Waals surface area contributed by atoms with Gasteiger partial charge in [0, 0.05) is 17.0 Å². The summed E-state index contributed by atoms with van der Waals surface area (Å²) in [7, 11) is 0. The van der Waals surface area contributed by atoms with Crippen molar-refractivity contribution in [1.82, 2.24) is 10.2 Å². The number of thioether (sulfide) groups is 1. The van der Waals surface area contributed by atoms with Crippen molar-refractivity contribution >= 4 is 35.3 Å². The lowest BCUT2D eigenvalue weighted by atomic mass is 10.1. The van der Waals surface area contributed by atoms with Crippen LogP contribution in [0.3, 0.4) is 0 Å². The van der Waals surface area contributed by atoms with Gasteiger partial charge in [-0.05, 0) is 74.4 Å². The Morgan fingerprint density at radius 1 is 1.00 bits per heavy atom. The molecule has 0 radical (unpaired) electrons. The molecule has 6 heteroatoms. The zero-order valence-electron chi connectivity index (χ0n) is 21.9. The first-order valence-corrected chi connectivity index (χ1v) is 13.8. The number of carbonyl (C=O) groups is 2. The van der Waals surface area contributed by atoms with Crippen LogP contribution in [0, 0.1) is 6.92 Å². The van der Waals surface area contributed by atoms with Crippen LogP contribution >= 0.6 is 11.8 Å². The highest BCUT2D eigenvalue weighted by atomic mass is 32.2. The van der Waals surface area contributed by atoms with E-state index in [9.17, 15) is 9.59 Å². The van der Waals surface area contributed by atoms with Gasteiger partial charge in [0.05, 0.1) is 17.1 Å². The van der Waals surface area contributed by atoms with Crippen molar-refractivity contribution in [3.05, 3.63) is 100.0 Å². The van der Waals surface area contributed by atoms with E-state index in [0.29, 0.717) is 23.6 Å². The fourth-order valence-corrected chi connectivity index (χ4v) is 5.50. The van der Waals surface area contributed by atoms with Gasteiger partial charge < -0.3 is 15.1 Å². The third-order valence-electron chi connectivity index (χ3n) is 6.56. The van der Waals surface area contributed by atoms with Crippen molar-refractivity contribution in [3.8, 4) is 0 Å². The molecule has 2 amide bonds. The van der Waals surface area contributed by atoms with Gasteiger partial charge in [-0.1, -0.05) is 79.7 Å². The molecule has 1 aliphatic heterocycles. The van der Waals surface area contributed by atoms with Crippen LogP contribution in [-0.4, -0.2) is 42.9 Å². The molecule has 0 aromatic heterocycles. The highest BCUT2D eigenvalue weighted by molar-refractivity contribution is 8.04. The minimum atomic E-state index is -0.0693. The number of para-hydroxylation sites is 1. The topological polar surface area (TPSA) is 52.7 Å². The third-order valence-corrected chi connectivity index (χ3v) is 7.63. The molecule has 1 N–H and O–H groups in total. The molecule has 0 bridgehead atoms. The van der Waals surface area contributed by atoms with Crippen molar-refractivity contribution in [2.75, 3.05) is 31.1 Å². The molecule has 3 aromatic rings. The lowest BCUT2D eigenvalue weighted by Gasteiger charge is -2.30. The minimum Gasteiger partial charge on any atom is -0.352 e. The summed E-state index contributed by atoms with van der Waals surface area (Å²) in [5, 5.41) is 3.01. The fraction of sp³-hybridized carbons (Fsp3) is 0.290. The molecule has 0 saturated heterocycles. The van der Waals surface area contributed by atoms with Crippen molar-refractivity contribution in [3.63, 3.8) is 0 Å². The van der Waals surface area contributed by atoms with Crippen LogP contribution in [0.1, 0.15) is 47.3 Å². The molecule has 3 aromatic carbocycles. The van der Waals surface area contributed by atoms with Gasteiger partial charge in [-0.25, -0.2) is 0 Å². The predicted molar refractivity (Wildman–Crippen MR) is 154 cm³/mol. The summed E-state index contributed by atoms with van der Waals surface area (Å²) in [5.41, 5.74) is 4.72. The van der Waals surface area contributed by atoms with Gasteiger partial charge in [0.2, 0.25) is 0 Å². The summed E-state index contributed by atoms with van der Waals surface area (Å²) >= 11 is 1.49. The number of hydrogen-bond acceptors (Lipinski definition) is 4. The molecule has 0 fully saturated rings. The molecule has 0 spiro atoms. The average molecular weight is 514 g/mol. The molecule has 0 atom stereocenters. The van der Waals surface area contributed by atoms with Gasteiger partial charge in [-0.2, -0.15) is 0 Å². The molecular weight excluding hydrogens is 478 g/mol. The number of amides is 2. The van der Waals surface area contributed by atoms with Crippen LogP contribution in [0.2, 0.25) is 0 Å². The van der Waals surface area contributed by atoms with E-state index in [-0.39, 0.29) is 11.8 Å². The molecule has 37 heavy (non-hydrogen) atoms. The summed E-state index contributed by atoms with van der Waals surface area (Å²) in [5.74, 6) is -0.0830. The summed E-state index contributed by atoms with van der Waals surface area (Å²) < 4.78 is 0. The Balaban J connectivity index is 1.46. The lowest BCUT2D eigenvalue weighted by Crippen LogP contribution is -2.33. The Morgan fingerprint density at radius 3 is 2.49 bits per heavy atom. The molecular formula is C31H35N3O2S. The molecule has 192 valence electrons. The summed E-state index contributed by atoms with van der Waals surface area (Å²) in [6.45, 7) is 10.6. The van der Waals surface area contributed by atoms with E-state index in [2.05, 4.69) is 55.3 Å². The van der Waals surface area contributed by atoms with Gasteiger partial charge in [0.1, 0.15) is 0 Å². The van der Waals surface area contributed by atoms with Gasteiger partial charge >= 0.3 is 0 Å². The van der Waals surface area contributed by atoms with Gasteiger partial charge in [-0.3, -0.25) is 9.59 Å². The van der Waals surface area contributed by atoms with Gasteiger partial charge in [-0.15, -0.1) is 0 Å². The van der Waals surface area contributed by atoms with Gasteiger partial charge in [0.25, 0.3) is 11.8 Å². The number of anilines is 1. The Morgan fingerprint density at radius 2 is 1.76 bits per heavy atom. The number of carbonyl (C=O) groups excluding carboxylic acids is 2. The first-order valence-electron chi connectivity index (χ1n) is 12.9. The van der Waals surface area contributed by atoms with Crippen LogP contribution in [0.5, 0.6) is 0 Å². The zero-order valence-corrected chi connectivity index (χ0v) is 22.7. The second-order valence-corrected chi connectivity index (χ2v) is 10.3. The van der Waals surface area contributed by atoms with Crippen molar-refractivity contribution < 1.29 is 9.59 Å². The molecule has 0 unspecified atom stereocenters. The first kappa shape index (κ1) is 26.7. The highest BCUT2D eigenvalue weighted by Gasteiger charge is 2.29. The Labute approximate surface area is 224 Å². The zero-order chi connectivity index (χ0) is 26.2. The molecule has 1 aliphatic rings. The molecule has 4 rings (SSSR count). The highest BCUT2D eigenvalue weighted by Crippen LogP contribution is 2.42. The number of hydrogen-bond donors (Lipinski definition) is 1. The second kappa shape index (κ2) is 12.7. The van der Waals surface area contributed by atoms with E-state index in [4.69, 9.17) is 0 Å². The summed E-state index contributed by atoms with van der Waals surface area (Å²) in [6.07, 6.45) is 2.84. The number of nitrogens with zero attached hydrogens (tertiary/aromatic N) is 2. The van der Waals surface area contributed by atoms with E-state index in [1.165, 1.54) is 17.3 Å². The average Bonchev–Trinajstić information content (AvgIpc) is 2.91. The SMILES string of the molecule is CCN(CC)CCCNC(=O)c1ccc(/C=C2/Sc3ccccc3N(Cc3cccc(C)c3)C2=O)cc1. The fourth-order valence-electron chi connectivity index (χ4n) is 4.44. The number of benzene rings is 3. The predicted octanol–water partition coefficient (Wildman–Crippen LogP) is 6.14. The second-order valence-electron chi connectivity index (χ2n) is 9.22. The molecule has 0 saturated carbocycles. The number of rotatable bonds is 10. The number of fused-ring (bicyclic) bond motifs is 1. The number of nitrogens with one attached hydrogen (secondary N) is 1.